The topological polar surface area (TPSA) is 56.0 Å². The number of nitrogens with two attached hydrogens (primary N) is 1. The lowest BCUT2D eigenvalue weighted by Crippen LogP contribution is -2.13. The lowest BCUT2D eigenvalue weighted by atomic mass is 10.1. The van der Waals surface area contributed by atoms with Crippen LogP contribution < -0.4 is 5.73 Å². The minimum Gasteiger partial charge on any atom is -0.324 e. The Morgan fingerprint density at radius 2 is 2.36 bits per heavy atom. The van der Waals surface area contributed by atoms with Gasteiger partial charge < -0.3 is 5.73 Å². The summed E-state index contributed by atoms with van der Waals surface area (Å²) in [6.07, 6.45) is 3.23. The van der Waals surface area contributed by atoms with Gasteiger partial charge in [-0.1, -0.05) is 0 Å². The van der Waals surface area contributed by atoms with Crippen molar-refractivity contribution in [3.8, 4) is 0 Å². The van der Waals surface area contributed by atoms with Crippen LogP contribution in [0.1, 0.15) is 15.9 Å². The SMILES string of the molecule is Cc1cncc(C(=O)CN)c1. The van der Waals surface area contributed by atoms with E-state index in [-0.39, 0.29) is 12.3 Å². The van der Waals surface area contributed by atoms with E-state index in [0.717, 1.165) is 5.56 Å². The van der Waals surface area contributed by atoms with Crippen molar-refractivity contribution >= 4 is 5.78 Å². The molecule has 0 radical (unpaired) electrons. The first kappa shape index (κ1) is 7.88. The van der Waals surface area contributed by atoms with Gasteiger partial charge in [-0.05, 0) is 18.6 Å². The molecule has 2 N–H and O–H groups in total. The van der Waals surface area contributed by atoms with Gasteiger partial charge in [-0.15, -0.1) is 0 Å². The van der Waals surface area contributed by atoms with Crippen LogP contribution in [0.2, 0.25) is 0 Å². The number of aryl methyl sites for hydroxylation is 1. The van der Waals surface area contributed by atoms with E-state index in [2.05, 4.69) is 4.98 Å². The molecule has 1 aromatic rings. The van der Waals surface area contributed by atoms with Crippen LogP contribution in [-0.4, -0.2) is 17.3 Å². The Balaban J connectivity index is 2.96. The van der Waals surface area contributed by atoms with Crippen molar-refractivity contribution in [1.82, 2.24) is 4.98 Å². The number of nitrogens with zero attached hydrogens (tertiary/aromatic N) is 1. The fraction of sp³-hybridized carbons (Fsp3) is 0.250. The van der Waals surface area contributed by atoms with Gasteiger partial charge in [-0.2, -0.15) is 0 Å². The van der Waals surface area contributed by atoms with Gasteiger partial charge in [0.2, 0.25) is 0 Å². The molecule has 1 aromatic heterocycles. The Hall–Kier alpha value is -1.22. The van der Waals surface area contributed by atoms with Gasteiger partial charge in [-0.3, -0.25) is 9.78 Å². The summed E-state index contributed by atoms with van der Waals surface area (Å²) in [7, 11) is 0. The highest BCUT2D eigenvalue weighted by atomic mass is 16.1. The van der Waals surface area contributed by atoms with Crippen LogP contribution in [0.15, 0.2) is 18.5 Å². The van der Waals surface area contributed by atoms with E-state index < -0.39 is 0 Å². The molecule has 3 heteroatoms. The van der Waals surface area contributed by atoms with E-state index in [1.54, 1.807) is 12.3 Å². The van der Waals surface area contributed by atoms with E-state index in [1.807, 2.05) is 6.92 Å². The maximum Gasteiger partial charge on any atom is 0.177 e. The largest absolute Gasteiger partial charge is 0.324 e. The first-order valence-corrected chi connectivity index (χ1v) is 3.39. The second-order valence-corrected chi connectivity index (χ2v) is 2.38. The Morgan fingerprint density at radius 3 is 2.91 bits per heavy atom. The van der Waals surface area contributed by atoms with Crippen LogP contribution >= 0.6 is 0 Å². The van der Waals surface area contributed by atoms with Crippen LogP contribution in [0.25, 0.3) is 0 Å². The summed E-state index contributed by atoms with van der Waals surface area (Å²) < 4.78 is 0. The molecule has 1 heterocycles. The third kappa shape index (κ3) is 1.85. The average Bonchev–Trinajstić information content (AvgIpc) is 2.03. The quantitative estimate of drug-likeness (QED) is 0.626. The summed E-state index contributed by atoms with van der Waals surface area (Å²) in [5, 5.41) is 0. The maximum atomic E-state index is 11.0. The van der Waals surface area contributed by atoms with Crippen LogP contribution in [0.3, 0.4) is 0 Å². The number of hydrogen-bond acceptors (Lipinski definition) is 3. The lowest BCUT2D eigenvalue weighted by Gasteiger charge is -1.96. The van der Waals surface area contributed by atoms with Crippen molar-refractivity contribution in [3.63, 3.8) is 0 Å². The predicted molar refractivity (Wildman–Crippen MR) is 42.4 cm³/mol. The van der Waals surface area contributed by atoms with Crippen molar-refractivity contribution in [2.24, 2.45) is 5.73 Å². The molecule has 0 aliphatic rings. The number of carbonyl (C=O) groups excluding carboxylic acids is 1. The van der Waals surface area contributed by atoms with Crippen molar-refractivity contribution in [3.05, 3.63) is 29.6 Å². The van der Waals surface area contributed by atoms with E-state index in [0.29, 0.717) is 5.56 Å². The van der Waals surface area contributed by atoms with Crippen molar-refractivity contribution in [1.29, 1.82) is 0 Å². The Bertz CT molecular complexity index is 271. The first-order valence-electron chi connectivity index (χ1n) is 3.39. The maximum absolute atomic E-state index is 11.0. The molecule has 3 nitrogen and oxygen atoms in total. The van der Waals surface area contributed by atoms with Crippen LogP contribution in [-0.2, 0) is 0 Å². The van der Waals surface area contributed by atoms with Gasteiger partial charge in [0.05, 0.1) is 6.54 Å². The summed E-state index contributed by atoms with van der Waals surface area (Å²) in [6.45, 7) is 1.94. The van der Waals surface area contributed by atoms with Gasteiger partial charge >= 0.3 is 0 Å². The number of aromatic nitrogens is 1. The minimum absolute atomic E-state index is 0.0468. The van der Waals surface area contributed by atoms with E-state index in [4.69, 9.17) is 5.73 Å². The zero-order valence-corrected chi connectivity index (χ0v) is 6.37. The second-order valence-electron chi connectivity index (χ2n) is 2.38. The van der Waals surface area contributed by atoms with Gasteiger partial charge in [-0.25, -0.2) is 0 Å². The monoisotopic (exact) mass is 150 g/mol. The molecule has 0 aliphatic carbocycles. The lowest BCUT2D eigenvalue weighted by molar-refractivity contribution is 0.100. The number of Topliss-reactive ketones (excluding diaryl/α,β-unsaturated/α-hetero) is 1. The molecule has 0 unspecified atom stereocenters. The molecule has 0 atom stereocenters. The van der Waals surface area contributed by atoms with E-state index >= 15 is 0 Å². The van der Waals surface area contributed by atoms with Gasteiger partial charge in [0.1, 0.15) is 0 Å². The van der Waals surface area contributed by atoms with Crippen molar-refractivity contribution in [2.75, 3.05) is 6.54 Å². The minimum atomic E-state index is -0.0683. The third-order valence-electron chi connectivity index (χ3n) is 1.38. The molecular formula is C8H10N2O. The molecule has 0 aliphatic heterocycles. The zero-order valence-electron chi connectivity index (χ0n) is 6.37. The summed E-state index contributed by atoms with van der Waals surface area (Å²) in [5.41, 5.74) is 6.74. The summed E-state index contributed by atoms with van der Waals surface area (Å²) >= 11 is 0. The molecule has 0 bridgehead atoms. The number of hydrogen-bond donors (Lipinski definition) is 1. The number of rotatable bonds is 2. The highest BCUT2D eigenvalue weighted by Crippen LogP contribution is 2.00. The van der Waals surface area contributed by atoms with Gasteiger partial charge in [0.15, 0.2) is 5.78 Å². The second kappa shape index (κ2) is 3.25. The molecule has 0 fully saturated rings. The summed E-state index contributed by atoms with van der Waals surface area (Å²) in [5.74, 6) is -0.0683. The zero-order chi connectivity index (χ0) is 8.27. The third-order valence-corrected chi connectivity index (χ3v) is 1.38. The first-order chi connectivity index (χ1) is 5.24. The molecular weight excluding hydrogens is 140 g/mol. The van der Waals surface area contributed by atoms with Crippen LogP contribution in [0, 0.1) is 6.92 Å². The summed E-state index contributed by atoms with van der Waals surface area (Å²) in [4.78, 5) is 14.9. The van der Waals surface area contributed by atoms with E-state index in [9.17, 15) is 4.79 Å². The van der Waals surface area contributed by atoms with Crippen molar-refractivity contribution < 1.29 is 4.79 Å². The van der Waals surface area contributed by atoms with Gasteiger partial charge in [0.25, 0.3) is 0 Å². The predicted octanol–water partition coefficient (Wildman–Crippen LogP) is 0.531. The highest BCUT2D eigenvalue weighted by Gasteiger charge is 2.01. The fourth-order valence-corrected chi connectivity index (χ4v) is 0.825. The molecule has 58 valence electrons. The Morgan fingerprint density at radius 1 is 1.64 bits per heavy atom. The molecule has 0 aromatic carbocycles. The smallest absolute Gasteiger partial charge is 0.177 e. The van der Waals surface area contributed by atoms with Crippen molar-refractivity contribution in [2.45, 2.75) is 6.92 Å². The number of carbonyl (C=O) groups is 1. The Kier molecular flexibility index (Phi) is 2.33. The number of pyridine rings is 1. The molecule has 1 rings (SSSR count). The van der Waals surface area contributed by atoms with Gasteiger partial charge in [0, 0.05) is 18.0 Å². The molecule has 0 saturated carbocycles. The standard InChI is InChI=1S/C8H10N2O/c1-6-2-7(5-10-4-6)8(11)3-9/h2,4-5H,3,9H2,1H3. The van der Waals surface area contributed by atoms with Crippen LogP contribution in [0.5, 0.6) is 0 Å². The summed E-state index contributed by atoms with van der Waals surface area (Å²) in [6, 6.07) is 1.78. The van der Waals surface area contributed by atoms with E-state index in [1.165, 1.54) is 6.20 Å². The molecule has 0 spiro atoms. The highest BCUT2D eigenvalue weighted by molar-refractivity contribution is 5.97. The fourth-order valence-electron chi connectivity index (χ4n) is 0.825. The molecule has 0 saturated heterocycles. The average molecular weight is 150 g/mol. The molecule has 0 amide bonds. The number of ketones is 1. The van der Waals surface area contributed by atoms with Crippen LogP contribution in [0.4, 0.5) is 0 Å². The normalized spacial score (nSPS) is 9.64. The Labute approximate surface area is 65.2 Å². The molecule has 11 heavy (non-hydrogen) atoms.